The molecule has 1 unspecified atom stereocenters. The zero-order valence-corrected chi connectivity index (χ0v) is 7.40. The second kappa shape index (κ2) is 4.77. The third kappa shape index (κ3) is 2.62. The molecule has 11 heavy (non-hydrogen) atoms. The first-order valence-corrected chi connectivity index (χ1v) is 3.75. The fraction of sp³-hybridized carbons (Fsp3) is 0.625. The van der Waals surface area contributed by atoms with Crippen LogP contribution in [0.4, 0.5) is 0 Å². The highest BCUT2D eigenvalue weighted by molar-refractivity contribution is 5.80. The van der Waals surface area contributed by atoms with E-state index in [0.29, 0.717) is 0 Å². The van der Waals surface area contributed by atoms with Crippen LogP contribution in [0, 0.1) is 5.92 Å². The summed E-state index contributed by atoms with van der Waals surface area (Å²) >= 11 is 0. The van der Waals surface area contributed by atoms with Gasteiger partial charge in [-0.2, -0.15) is 0 Å². The molecule has 2 N–H and O–H groups in total. The molecule has 1 amide bonds. The highest BCUT2D eigenvalue weighted by atomic mass is 16.1. The van der Waals surface area contributed by atoms with Gasteiger partial charge in [0.05, 0.1) is 5.92 Å². The van der Waals surface area contributed by atoms with Gasteiger partial charge in [-0.1, -0.05) is 13.5 Å². The van der Waals surface area contributed by atoms with Crippen LogP contribution in [0.3, 0.4) is 0 Å². The monoisotopic (exact) mass is 156 g/mol. The van der Waals surface area contributed by atoms with Crippen molar-refractivity contribution in [2.75, 3.05) is 14.1 Å². The number of carbonyl (C=O) groups is 1. The van der Waals surface area contributed by atoms with Crippen molar-refractivity contribution in [1.82, 2.24) is 10.6 Å². The van der Waals surface area contributed by atoms with Crippen LogP contribution in [-0.2, 0) is 4.79 Å². The zero-order valence-electron chi connectivity index (χ0n) is 7.40. The highest BCUT2D eigenvalue weighted by Crippen LogP contribution is 2.09. The van der Waals surface area contributed by atoms with Crippen LogP contribution < -0.4 is 10.6 Å². The van der Waals surface area contributed by atoms with Crippen molar-refractivity contribution in [3.8, 4) is 0 Å². The molecular formula is C8H16N2O. The summed E-state index contributed by atoms with van der Waals surface area (Å²) in [6.45, 7) is 5.70. The number of hydrogen-bond donors (Lipinski definition) is 2. The van der Waals surface area contributed by atoms with Crippen molar-refractivity contribution in [1.29, 1.82) is 0 Å². The quantitative estimate of drug-likeness (QED) is 0.622. The van der Waals surface area contributed by atoms with Gasteiger partial charge in [0, 0.05) is 19.8 Å². The van der Waals surface area contributed by atoms with Gasteiger partial charge in [-0.05, 0) is 6.42 Å². The molecule has 0 radical (unpaired) electrons. The highest BCUT2D eigenvalue weighted by Gasteiger charge is 2.16. The average Bonchev–Trinajstić information content (AvgIpc) is 2.05. The van der Waals surface area contributed by atoms with E-state index < -0.39 is 0 Å². The van der Waals surface area contributed by atoms with Crippen molar-refractivity contribution in [2.24, 2.45) is 5.92 Å². The molecule has 0 fully saturated rings. The van der Waals surface area contributed by atoms with E-state index in [1.165, 1.54) is 0 Å². The van der Waals surface area contributed by atoms with E-state index in [-0.39, 0.29) is 11.8 Å². The standard InChI is InChI=1S/C8H16N2O/c1-5-7(6(2)9-3)8(11)10-4/h7,9H,2,5H2,1,3-4H3,(H,10,11). The van der Waals surface area contributed by atoms with E-state index in [1.54, 1.807) is 14.1 Å². The van der Waals surface area contributed by atoms with E-state index in [4.69, 9.17) is 0 Å². The maximum absolute atomic E-state index is 11.1. The minimum atomic E-state index is -0.106. The lowest BCUT2D eigenvalue weighted by Crippen LogP contribution is -2.31. The fourth-order valence-corrected chi connectivity index (χ4v) is 0.939. The Morgan fingerprint density at radius 3 is 2.27 bits per heavy atom. The van der Waals surface area contributed by atoms with Gasteiger partial charge in [-0.25, -0.2) is 0 Å². The second-order valence-corrected chi connectivity index (χ2v) is 2.35. The molecule has 3 nitrogen and oxygen atoms in total. The van der Waals surface area contributed by atoms with Gasteiger partial charge >= 0.3 is 0 Å². The van der Waals surface area contributed by atoms with Gasteiger partial charge in [0.2, 0.25) is 5.91 Å². The van der Waals surface area contributed by atoms with Crippen LogP contribution in [0.25, 0.3) is 0 Å². The minimum absolute atomic E-state index is 0.0202. The van der Waals surface area contributed by atoms with E-state index in [1.807, 2.05) is 6.92 Å². The Morgan fingerprint density at radius 2 is 2.00 bits per heavy atom. The van der Waals surface area contributed by atoms with Gasteiger partial charge in [-0.15, -0.1) is 0 Å². The molecule has 0 bridgehead atoms. The van der Waals surface area contributed by atoms with Crippen LogP contribution in [0.1, 0.15) is 13.3 Å². The molecule has 0 aromatic carbocycles. The lowest BCUT2D eigenvalue weighted by atomic mass is 10.0. The molecule has 64 valence electrons. The van der Waals surface area contributed by atoms with E-state index >= 15 is 0 Å². The topological polar surface area (TPSA) is 41.1 Å². The SMILES string of the molecule is C=C(NC)C(CC)C(=O)NC. The normalized spacial score (nSPS) is 11.9. The molecule has 0 aliphatic rings. The summed E-state index contributed by atoms with van der Waals surface area (Å²) in [4.78, 5) is 11.1. The first kappa shape index (κ1) is 10.0. The molecule has 0 aromatic rings. The number of carbonyl (C=O) groups excluding carboxylic acids is 1. The molecule has 0 heterocycles. The Morgan fingerprint density at radius 1 is 1.45 bits per heavy atom. The van der Waals surface area contributed by atoms with Crippen LogP contribution in [0.5, 0.6) is 0 Å². The Bertz CT molecular complexity index is 138. The number of amides is 1. The molecule has 0 aliphatic heterocycles. The summed E-state index contributed by atoms with van der Waals surface area (Å²) in [5, 5.41) is 5.47. The Kier molecular flexibility index (Phi) is 4.34. The van der Waals surface area contributed by atoms with Crippen molar-refractivity contribution in [3.05, 3.63) is 12.3 Å². The predicted molar refractivity (Wildman–Crippen MR) is 46.0 cm³/mol. The minimum Gasteiger partial charge on any atom is -0.391 e. The van der Waals surface area contributed by atoms with Crippen LogP contribution >= 0.6 is 0 Å². The number of rotatable bonds is 4. The molecule has 0 saturated heterocycles. The van der Waals surface area contributed by atoms with Crippen molar-refractivity contribution < 1.29 is 4.79 Å². The maximum atomic E-state index is 11.1. The summed E-state index contributed by atoms with van der Waals surface area (Å²) < 4.78 is 0. The van der Waals surface area contributed by atoms with Crippen LogP contribution in [0.2, 0.25) is 0 Å². The summed E-state index contributed by atoms with van der Waals surface area (Å²) in [5.74, 6) is -0.0862. The van der Waals surface area contributed by atoms with Gasteiger partial charge < -0.3 is 10.6 Å². The van der Waals surface area contributed by atoms with Crippen molar-refractivity contribution in [2.45, 2.75) is 13.3 Å². The smallest absolute Gasteiger partial charge is 0.228 e. The van der Waals surface area contributed by atoms with Crippen LogP contribution in [-0.4, -0.2) is 20.0 Å². The van der Waals surface area contributed by atoms with Gasteiger partial charge in [0.1, 0.15) is 0 Å². The summed E-state index contributed by atoms with van der Waals surface area (Å²) in [6.07, 6.45) is 0.777. The lowest BCUT2D eigenvalue weighted by molar-refractivity contribution is -0.123. The first-order valence-electron chi connectivity index (χ1n) is 3.75. The third-order valence-electron chi connectivity index (χ3n) is 1.71. The second-order valence-electron chi connectivity index (χ2n) is 2.35. The largest absolute Gasteiger partial charge is 0.391 e. The number of nitrogens with one attached hydrogen (secondary N) is 2. The molecular weight excluding hydrogens is 140 g/mol. The molecule has 0 spiro atoms. The summed E-state index contributed by atoms with van der Waals surface area (Å²) in [7, 11) is 3.40. The Hall–Kier alpha value is -0.990. The Balaban J connectivity index is 4.15. The fourth-order valence-electron chi connectivity index (χ4n) is 0.939. The predicted octanol–water partition coefficient (Wildman–Crippen LogP) is 0.492. The van der Waals surface area contributed by atoms with Crippen LogP contribution in [0.15, 0.2) is 12.3 Å². The molecule has 0 aromatic heterocycles. The molecule has 1 atom stereocenters. The third-order valence-corrected chi connectivity index (χ3v) is 1.71. The molecule has 3 heteroatoms. The van der Waals surface area contributed by atoms with Crippen molar-refractivity contribution in [3.63, 3.8) is 0 Å². The first-order chi connectivity index (χ1) is 5.17. The van der Waals surface area contributed by atoms with E-state index in [9.17, 15) is 4.79 Å². The summed E-state index contributed by atoms with van der Waals surface area (Å²) in [5.41, 5.74) is 0.770. The summed E-state index contributed by atoms with van der Waals surface area (Å²) in [6, 6.07) is 0. The maximum Gasteiger partial charge on any atom is 0.228 e. The molecule has 0 saturated carbocycles. The Labute approximate surface area is 67.9 Å². The zero-order chi connectivity index (χ0) is 8.85. The van der Waals surface area contributed by atoms with E-state index in [0.717, 1.165) is 12.1 Å². The average molecular weight is 156 g/mol. The number of hydrogen-bond acceptors (Lipinski definition) is 2. The van der Waals surface area contributed by atoms with Crippen molar-refractivity contribution >= 4 is 5.91 Å². The van der Waals surface area contributed by atoms with Gasteiger partial charge in [0.15, 0.2) is 0 Å². The van der Waals surface area contributed by atoms with Gasteiger partial charge in [0.25, 0.3) is 0 Å². The van der Waals surface area contributed by atoms with Gasteiger partial charge in [-0.3, -0.25) is 4.79 Å². The molecule has 0 rings (SSSR count). The lowest BCUT2D eigenvalue weighted by Gasteiger charge is -2.15. The van der Waals surface area contributed by atoms with E-state index in [2.05, 4.69) is 17.2 Å². The molecule has 0 aliphatic carbocycles.